The lowest BCUT2D eigenvalue weighted by Gasteiger charge is -2.22. The van der Waals surface area contributed by atoms with Crippen molar-refractivity contribution in [1.82, 2.24) is 10.6 Å². The molecule has 0 aliphatic carbocycles. The van der Waals surface area contributed by atoms with Gasteiger partial charge < -0.3 is 16.4 Å². The fraction of sp³-hybridized carbons (Fsp3) is 0.286. The molecule has 0 unspecified atom stereocenters. The molecule has 0 spiro atoms. The van der Waals surface area contributed by atoms with Crippen LogP contribution >= 0.6 is 0 Å². The van der Waals surface area contributed by atoms with Gasteiger partial charge in [-0.25, -0.2) is 4.39 Å². The van der Waals surface area contributed by atoms with Crippen molar-refractivity contribution in [2.45, 2.75) is 38.3 Å². The lowest BCUT2D eigenvalue weighted by Crippen LogP contribution is -2.53. The number of rotatable bonds is 9. The zero-order chi connectivity index (χ0) is 20.5. The zero-order valence-electron chi connectivity index (χ0n) is 15.7. The van der Waals surface area contributed by atoms with Crippen LogP contribution in [0.25, 0.3) is 0 Å². The molecule has 0 fully saturated rings. The molecule has 2 aromatic rings. The monoisotopic (exact) mass is 385 g/mol. The summed E-state index contributed by atoms with van der Waals surface area (Å²) in [4.78, 5) is 35.9. The molecule has 0 aliphatic rings. The van der Waals surface area contributed by atoms with Crippen molar-refractivity contribution in [3.63, 3.8) is 0 Å². The summed E-state index contributed by atoms with van der Waals surface area (Å²) >= 11 is 0. The van der Waals surface area contributed by atoms with Crippen LogP contribution in [0.4, 0.5) is 4.39 Å². The number of hydrogen-bond acceptors (Lipinski definition) is 3. The summed E-state index contributed by atoms with van der Waals surface area (Å²) < 4.78 is 13.9. The quantitative estimate of drug-likeness (QED) is 0.609. The first-order valence-corrected chi connectivity index (χ1v) is 9.01. The van der Waals surface area contributed by atoms with Crippen LogP contribution in [0.15, 0.2) is 54.6 Å². The molecule has 7 heteroatoms. The van der Waals surface area contributed by atoms with Crippen LogP contribution in [0.3, 0.4) is 0 Å². The Kier molecular flexibility index (Phi) is 7.68. The molecule has 0 radical (unpaired) electrons. The molecule has 2 aromatic carbocycles. The van der Waals surface area contributed by atoms with Crippen molar-refractivity contribution < 1.29 is 18.8 Å². The Balaban J connectivity index is 2.07. The average molecular weight is 385 g/mol. The number of amides is 3. The van der Waals surface area contributed by atoms with E-state index < -0.39 is 35.6 Å². The first-order valence-electron chi connectivity index (χ1n) is 9.01. The zero-order valence-corrected chi connectivity index (χ0v) is 15.7. The Hall–Kier alpha value is -3.22. The van der Waals surface area contributed by atoms with Crippen molar-refractivity contribution in [2.75, 3.05) is 0 Å². The molecule has 4 N–H and O–H groups in total. The lowest BCUT2D eigenvalue weighted by molar-refractivity contribution is -0.130. The summed E-state index contributed by atoms with van der Waals surface area (Å²) in [5.41, 5.74) is 6.72. The van der Waals surface area contributed by atoms with Gasteiger partial charge in [-0.2, -0.15) is 0 Å². The summed E-state index contributed by atoms with van der Waals surface area (Å²) in [6, 6.07) is 13.6. The molecule has 3 amide bonds. The van der Waals surface area contributed by atoms with Gasteiger partial charge >= 0.3 is 0 Å². The van der Waals surface area contributed by atoms with Gasteiger partial charge in [0.15, 0.2) is 0 Å². The third kappa shape index (κ3) is 6.50. The maximum Gasteiger partial charge on any atom is 0.243 e. The van der Waals surface area contributed by atoms with Crippen LogP contribution in [0.5, 0.6) is 0 Å². The largest absolute Gasteiger partial charge is 0.368 e. The summed E-state index contributed by atoms with van der Waals surface area (Å²) in [7, 11) is 0. The summed E-state index contributed by atoms with van der Waals surface area (Å²) in [5, 5.41) is 5.08. The van der Waals surface area contributed by atoms with Crippen LogP contribution in [0.2, 0.25) is 0 Å². The van der Waals surface area contributed by atoms with Crippen molar-refractivity contribution in [1.29, 1.82) is 0 Å². The highest BCUT2D eigenvalue weighted by Gasteiger charge is 2.25. The number of carbonyl (C=O) groups excluding carboxylic acids is 3. The second-order valence-electron chi connectivity index (χ2n) is 6.54. The number of halogens is 1. The van der Waals surface area contributed by atoms with Crippen molar-refractivity contribution in [3.8, 4) is 0 Å². The Morgan fingerprint density at radius 3 is 2.21 bits per heavy atom. The van der Waals surface area contributed by atoms with E-state index >= 15 is 0 Å². The second kappa shape index (κ2) is 10.2. The van der Waals surface area contributed by atoms with Crippen LogP contribution in [0, 0.1) is 5.82 Å². The predicted molar refractivity (Wildman–Crippen MR) is 104 cm³/mol. The van der Waals surface area contributed by atoms with Crippen molar-refractivity contribution in [2.24, 2.45) is 5.73 Å². The molecule has 2 rings (SSSR count). The smallest absolute Gasteiger partial charge is 0.243 e. The normalized spacial score (nSPS) is 12.6. The first-order chi connectivity index (χ1) is 13.4. The van der Waals surface area contributed by atoms with E-state index in [4.69, 9.17) is 5.73 Å². The average Bonchev–Trinajstić information content (AvgIpc) is 2.66. The molecule has 0 heterocycles. The van der Waals surface area contributed by atoms with Crippen LogP contribution < -0.4 is 16.4 Å². The molecule has 0 saturated carbocycles. The maximum absolute atomic E-state index is 13.9. The summed E-state index contributed by atoms with van der Waals surface area (Å²) in [6.45, 7) is 1.27. The van der Waals surface area contributed by atoms with Gasteiger partial charge in [0.05, 0.1) is 0 Å². The molecular weight excluding hydrogens is 361 g/mol. The van der Waals surface area contributed by atoms with Gasteiger partial charge in [0, 0.05) is 13.3 Å². The lowest BCUT2D eigenvalue weighted by atomic mass is 10.0. The van der Waals surface area contributed by atoms with Crippen LogP contribution in [-0.2, 0) is 27.2 Å². The van der Waals surface area contributed by atoms with E-state index in [2.05, 4.69) is 10.6 Å². The molecule has 148 valence electrons. The number of benzene rings is 2. The topological polar surface area (TPSA) is 101 Å². The molecule has 2 atom stereocenters. The van der Waals surface area contributed by atoms with E-state index in [-0.39, 0.29) is 12.0 Å². The van der Waals surface area contributed by atoms with Crippen molar-refractivity contribution >= 4 is 17.7 Å². The Bertz CT molecular complexity index is 827. The van der Waals surface area contributed by atoms with Gasteiger partial charge in [-0.3, -0.25) is 14.4 Å². The van der Waals surface area contributed by atoms with E-state index in [1.807, 2.05) is 30.3 Å². The molecule has 0 aromatic heterocycles. The Morgan fingerprint density at radius 1 is 0.964 bits per heavy atom. The number of aryl methyl sites for hydroxylation is 1. The Morgan fingerprint density at radius 2 is 1.61 bits per heavy atom. The predicted octanol–water partition coefficient (Wildman–Crippen LogP) is 1.48. The molecule has 0 saturated heterocycles. The van der Waals surface area contributed by atoms with E-state index in [0.717, 1.165) is 5.56 Å². The maximum atomic E-state index is 13.9. The minimum atomic E-state index is -1.02. The molecule has 0 aliphatic heterocycles. The molecule has 6 nitrogen and oxygen atoms in total. The Labute approximate surface area is 163 Å². The summed E-state index contributed by atoms with van der Waals surface area (Å²) in [6.07, 6.45) is 0.826. The second-order valence-corrected chi connectivity index (χ2v) is 6.54. The number of nitrogens with two attached hydrogens (primary N) is 1. The highest BCUT2D eigenvalue weighted by Crippen LogP contribution is 2.10. The van der Waals surface area contributed by atoms with Gasteiger partial charge in [-0.15, -0.1) is 0 Å². The van der Waals surface area contributed by atoms with Gasteiger partial charge in [-0.1, -0.05) is 48.5 Å². The number of hydrogen-bond donors (Lipinski definition) is 3. The first kappa shape index (κ1) is 21.1. The van der Waals surface area contributed by atoms with Gasteiger partial charge in [-0.05, 0) is 30.0 Å². The van der Waals surface area contributed by atoms with E-state index in [1.54, 1.807) is 18.2 Å². The van der Waals surface area contributed by atoms with Gasteiger partial charge in [0.25, 0.3) is 0 Å². The number of primary amides is 1. The third-order valence-corrected chi connectivity index (χ3v) is 4.30. The van der Waals surface area contributed by atoms with E-state index in [9.17, 15) is 18.8 Å². The fourth-order valence-corrected chi connectivity index (χ4v) is 2.85. The SMILES string of the molecule is CC(=O)N[C@H](Cc1ccccc1F)C(=O)N[C@@H](CCc1ccccc1)C(N)=O. The van der Waals surface area contributed by atoms with Crippen molar-refractivity contribution in [3.05, 3.63) is 71.5 Å². The highest BCUT2D eigenvalue weighted by atomic mass is 19.1. The molecular formula is C21H24FN3O3. The highest BCUT2D eigenvalue weighted by molar-refractivity contribution is 5.91. The van der Waals surface area contributed by atoms with E-state index in [1.165, 1.54) is 13.0 Å². The van der Waals surface area contributed by atoms with E-state index in [0.29, 0.717) is 12.8 Å². The van der Waals surface area contributed by atoms with Gasteiger partial charge in [0.1, 0.15) is 17.9 Å². The fourth-order valence-electron chi connectivity index (χ4n) is 2.85. The molecule has 28 heavy (non-hydrogen) atoms. The minimum Gasteiger partial charge on any atom is -0.368 e. The minimum absolute atomic E-state index is 0.0394. The summed E-state index contributed by atoms with van der Waals surface area (Å²) in [5.74, 6) is -2.16. The van der Waals surface area contributed by atoms with Crippen LogP contribution in [-0.4, -0.2) is 29.8 Å². The standard InChI is InChI=1S/C21H24FN3O3/c1-14(26)24-19(13-16-9-5-6-10-17(16)22)21(28)25-18(20(23)27)12-11-15-7-3-2-4-8-15/h2-10,18-19H,11-13H2,1H3,(H2,23,27)(H,24,26)(H,25,28)/t18-,19+/m0/s1. The molecule has 0 bridgehead atoms. The number of nitrogens with one attached hydrogen (secondary N) is 2. The van der Waals surface area contributed by atoms with Crippen LogP contribution in [0.1, 0.15) is 24.5 Å². The third-order valence-electron chi connectivity index (χ3n) is 4.30. The number of carbonyl (C=O) groups is 3. The van der Waals surface area contributed by atoms with Gasteiger partial charge in [0.2, 0.25) is 17.7 Å².